The Morgan fingerprint density at radius 1 is 0.963 bits per heavy atom. The fraction of sp³-hybridized carbons (Fsp3) is 0.0909. The average molecular weight is 352 g/mol. The lowest BCUT2D eigenvalue weighted by atomic mass is 9.99. The Balaban J connectivity index is 1.55. The number of hydrogen-bond donors (Lipinski definition) is 0. The summed E-state index contributed by atoms with van der Waals surface area (Å²) >= 11 is 0. The van der Waals surface area contributed by atoms with Crippen LogP contribution in [0.5, 0.6) is 0 Å². The van der Waals surface area contributed by atoms with E-state index >= 15 is 0 Å². The minimum atomic E-state index is -0.130. The van der Waals surface area contributed by atoms with Crippen LogP contribution in [0.1, 0.15) is 16.7 Å². The first-order valence-corrected chi connectivity index (χ1v) is 8.80. The Hall–Kier alpha value is -3.60. The molecule has 27 heavy (non-hydrogen) atoms. The van der Waals surface area contributed by atoms with Gasteiger partial charge in [-0.1, -0.05) is 30.3 Å². The van der Waals surface area contributed by atoms with E-state index in [1.165, 1.54) is 17.3 Å². The first-order valence-electron chi connectivity index (χ1n) is 8.80. The summed E-state index contributed by atoms with van der Waals surface area (Å²) in [6, 6.07) is 18.4. The van der Waals surface area contributed by atoms with Gasteiger partial charge in [0, 0.05) is 12.4 Å². The molecule has 2 aromatic heterocycles. The number of aromatic nitrogens is 3. The first-order chi connectivity index (χ1) is 13.3. The predicted molar refractivity (Wildman–Crippen MR) is 106 cm³/mol. The molecule has 0 saturated carbocycles. The van der Waals surface area contributed by atoms with Gasteiger partial charge in [0.1, 0.15) is 0 Å². The summed E-state index contributed by atoms with van der Waals surface area (Å²) < 4.78 is 1.71. The molecule has 0 aliphatic carbocycles. The van der Waals surface area contributed by atoms with Crippen LogP contribution in [0, 0.1) is 0 Å². The fourth-order valence-electron chi connectivity index (χ4n) is 3.48. The molecule has 4 aromatic rings. The van der Waals surface area contributed by atoms with Gasteiger partial charge in [0.25, 0.3) is 5.56 Å². The van der Waals surface area contributed by atoms with E-state index in [9.17, 15) is 4.79 Å². The van der Waals surface area contributed by atoms with E-state index < -0.39 is 0 Å². The third-order valence-corrected chi connectivity index (χ3v) is 4.86. The second-order valence-corrected chi connectivity index (χ2v) is 6.61. The van der Waals surface area contributed by atoms with Gasteiger partial charge in [0.05, 0.1) is 24.8 Å². The van der Waals surface area contributed by atoms with Crippen molar-refractivity contribution >= 4 is 17.4 Å². The van der Waals surface area contributed by atoms with E-state index in [1.54, 1.807) is 10.8 Å². The minimum Gasteiger partial charge on any atom is -0.300 e. The van der Waals surface area contributed by atoms with Crippen LogP contribution in [-0.2, 0) is 13.1 Å². The van der Waals surface area contributed by atoms with Crippen LogP contribution >= 0.6 is 0 Å². The summed E-state index contributed by atoms with van der Waals surface area (Å²) in [5.41, 5.74) is 6.96. The second kappa shape index (κ2) is 6.29. The maximum atomic E-state index is 12.4. The maximum absolute atomic E-state index is 12.4. The number of nitrogens with zero attached hydrogens (tertiary/aromatic N) is 4. The smallest absolute Gasteiger partial charge is 0.269 e. The molecule has 0 atom stereocenters. The highest BCUT2D eigenvalue weighted by molar-refractivity contribution is 5.87. The molecule has 1 aliphatic rings. The monoisotopic (exact) mass is 352 g/mol. The maximum Gasteiger partial charge on any atom is 0.269 e. The number of fused-ring (bicyclic) bond motifs is 2. The van der Waals surface area contributed by atoms with Crippen LogP contribution in [-0.4, -0.2) is 20.7 Å². The van der Waals surface area contributed by atoms with Gasteiger partial charge in [-0.05, 0) is 52.1 Å². The number of aliphatic imine (C=N–C) groups is 1. The summed E-state index contributed by atoms with van der Waals surface area (Å²) in [7, 11) is 0. The quantitative estimate of drug-likeness (QED) is 0.567. The number of benzene rings is 2. The second-order valence-electron chi connectivity index (χ2n) is 6.61. The lowest BCUT2D eigenvalue weighted by molar-refractivity contribution is 0.784. The van der Waals surface area contributed by atoms with E-state index in [2.05, 4.69) is 45.3 Å². The SMILES string of the molecule is O=c1cnc2ncccc2n1Cc1cccc(-c2ccc3c(c2)C=NC3)c1. The molecule has 2 aromatic carbocycles. The minimum absolute atomic E-state index is 0.130. The first kappa shape index (κ1) is 15.6. The van der Waals surface area contributed by atoms with Crippen molar-refractivity contribution in [3.8, 4) is 11.1 Å². The Labute approximate surface area is 155 Å². The molecule has 5 heteroatoms. The molecule has 0 spiro atoms. The molecule has 0 amide bonds. The lowest BCUT2D eigenvalue weighted by Crippen LogP contribution is -2.21. The van der Waals surface area contributed by atoms with Crippen molar-refractivity contribution in [3.63, 3.8) is 0 Å². The molecule has 0 unspecified atom stereocenters. The van der Waals surface area contributed by atoms with Crippen molar-refractivity contribution in [2.45, 2.75) is 13.1 Å². The molecular weight excluding hydrogens is 336 g/mol. The highest BCUT2D eigenvalue weighted by atomic mass is 16.1. The van der Waals surface area contributed by atoms with Gasteiger partial charge in [-0.3, -0.25) is 14.4 Å². The number of hydrogen-bond acceptors (Lipinski definition) is 4. The van der Waals surface area contributed by atoms with Crippen molar-refractivity contribution in [2.75, 3.05) is 0 Å². The van der Waals surface area contributed by atoms with Crippen LogP contribution in [0.25, 0.3) is 22.3 Å². The van der Waals surface area contributed by atoms with Gasteiger partial charge in [-0.15, -0.1) is 0 Å². The summed E-state index contributed by atoms with van der Waals surface area (Å²) in [6.45, 7) is 1.24. The topological polar surface area (TPSA) is 60.1 Å². The Bertz CT molecular complexity index is 1260. The van der Waals surface area contributed by atoms with Crippen molar-refractivity contribution < 1.29 is 0 Å². The van der Waals surface area contributed by atoms with E-state index in [-0.39, 0.29) is 5.56 Å². The zero-order valence-electron chi connectivity index (χ0n) is 14.5. The molecule has 0 bridgehead atoms. The molecule has 0 fully saturated rings. The van der Waals surface area contributed by atoms with Crippen LogP contribution < -0.4 is 5.56 Å². The summed E-state index contributed by atoms with van der Waals surface area (Å²) in [4.78, 5) is 25.1. The fourth-order valence-corrected chi connectivity index (χ4v) is 3.48. The van der Waals surface area contributed by atoms with Crippen molar-refractivity contribution in [3.05, 3.63) is 94.0 Å². The standard InChI is InChI=1S/C22H16N4O/c27-21-13-25-22-20(5-2-8-24-22)26(21)14-15-3-1-4-16(9-15)17-6-7-18-11-23-12-19(18)10-17/h1-10,12-13H,11,14H2. The van der Waals surface area contributed by atoms with Gasteiger partial charge in [0.2, 0.25) is 0 Å². The number of rotatable bonds is 3. The zero-order chi connectivity index (χ0) is 18.2. The van der Waals surface area contributed by atoms with Crippen LogP contribution in [0.4, 0.5) is 0 Å². The number of pyridine rings is 1. The van der Waals surface area contributed by atoms with Gasteiger partial charge in [-0.25, -0.2) is 9.97 Å². The average Bonchev–Trinajstić information content (AvgIpc) is 3.18. The Kier molecular flexibility index (Phi) is 3.64. The van der Waals surface area contributed by atoms with Gasteiger partial charge in [0.15, 0.2) is 5.65 Å². The highest BCUT2D eigenvalue weighted by Crippen LogP contribution is 2.25. The third kappa shape index (κ3) is 2.83. The van der Waals surface area contributed by atoms with E-state index in [0.29, 0.717) is 12.2 Å². The van der Waals surface area contributed by atoms with Gasteiger partial charge < -0.3 is 0 Å². The molecule has 130 valence electrons. The zero-order valence-corrected chi connectivity index (χ0v) is 14.5. The summed E-state index contributed by atoms with van der Waals surface area (Å²) in [5.74, 6) is 0. The highest BCUT2D eigenvalue weighted by Gasteiger charge is 2.09. The van der Waals surface area contributed by atoms with Gasteiger partial charge >= 0.3 is 0 Å². The van der Waals surface area contributed by atoms with Crippen molar-refractivity contribution in [2.24, 2.45) is 4.99 Å². The third-order valence-electron chi connectivity index (χ3n) is 4.86. The summed E-state index contributed by atoms with van der Waals surface area (Å²) in [5, 5.41) is 0. The molecule has 0 saturated heterocycles. The Morgan fingerprint density at radius 3 is 2.85 bits per heavy atom. The Morgan fingerprint density at radius 2 is 1.89 bits per heavy atom. The molecular formula is C22H16N4O. The molecule has 5 nitrogen and oxygen atoms in total. The molecule has 0 N–H and O–H groups in total. The summed E-state index contributed by atoms with van der Waals surface area (Å²) in [6.07, 6.45) is 4.94. The van der Waals surface area contributed by atoms with Crippen molar-refractivity contribution in [1.29, 1.82) is 0 Å². The van der Waals surface area contributed by atoms with Crippen molar-refractivity contribution in [1.82, 2.24) is 14.5 Å². The lowest BCUT2D eigenvalue weighted by Gasteiger charge is -2.11. The molecule has 3 heterocycles. The normalized spacial score (nSPS) is 12.4. The van der Waals surface area contributed by atoms with Gasteiger partial charge in [-0.2, -0.15) is 0 Å². The molecule has 5 rings (SSSR count). The van der Waals surface area contributed by atoms with Crippen LogP contribution in [0.2, 0.25) is 0 Å². The van der Waals surface area contributed by atoms with E-state index in [4.69, 9.17) is 0 Å². The van der Waals surface area contributed by atoms with E-state index in [0.717, 1.165) is 28.8 Å². The van der Waals surface area contributed by atoms with Crippen LogP contribution in [0.15, 0.2) is 76.8 Å². The predicted octanol–water partition coefficient (Wildman–Crippen LogP) is 3.44. The molecule has 0 radical (unpaired) electrons. The molecule has 1 aliphatic heterocycles. The largest absolute Gasteiger partial charge is 0.300 e. The van der Waals surface area contributed by atoms with E-state index in [1.807, 2.05) is 30.5 Å². The van der Waals surface area contributed by atoms with Crippen LogP contribution in [0.3, 0.4) is 0 Å².